The van der Waals surface area contributed by atoms with Crippen molar-refractivity contribution < 1.29 is 18.3 Å². The molecule has 1 aromatic rings. The topological polar surface area (TPSA) is 32.3 Å². The van der Waals surface area contributed by atoms with Crippen LogP contribution >= 0.6 is 0 Å². The number of halogens is 3. The molecular weight excluding hydrogens is 243 g/mol. The molecule has 1 aromatic carbocycles. The van der Waals surface area contributed by atoms with Gasteiger partial charge in [-0.2, -0.15) is 13.2 Å². The molecule has 18 heavy (non-hydrogen) atoms. The van der Waals surface area contributed by atoms with Crippen molar-refractivity contribution in [3.63, 3.8) is 0 Å². The summed E-state index contributed by atoms with van der Waals surface area (Å²) >= 11 is 0. The molecular formula is C13H16F3NO. The minimum Gasteiger partial charge on any atom is -0.395 e. The molecule has 0 amide bonds. The summed E-state index contributed by atoms with van der Waals surface area (Å²) in [5, 5.41) is 12.1. The Morgan fingerprint density at radius 1 is 1.28 bits per heavy atom. The predicted octanol–water partition coefficient (Wildman–Crippen LogP) is 2.53. The van der Waals surface area contributed by atoms with E-state index >= 15 is 0 Å². The molecule has 0 spiro atoms. The first-order chi connectivity index (χ1) is 8.50. The van der Waals surface area contributed by atoms with Gasteiger partial charge >= 0.3 is 6.18 Å². The Hall–Kier alpha value is -1.07. The Morgan fingerprint density at radius 3 is 2.61 bits per heavy atom. The van der Waals surface area contributed by atoms with Crippen LogP contribution in [0.15, 0.2) is 24.3 Å². The molecule has 1 aliphatic heterocycles. The number of aliphatic hydroxyl groups is 1. The Morgan fingerprint density at radius 2 is 2.06 bits per heavy atom. The molecule has 2 nitrogen and oxygen atoms in total. The predicted molar refractivity (Wildman–Crippen MR) is 62.3 cm³/mol. The van der Waals surface area contributed by atoms with Crippen molar-refractivity contribution in [3.8, 4) is 0 Å². The van der Waals surface area contributed by atoms with Gasteiger partial charge in [-0.05, 0) is 30.4 Å². The van der Waals surface area contributed by atoms with Gasteiger partial charge in [-0.15, -0.1) is 0 Å². The minimum atomic E-state index is -4.29. The summed E-state index contributed by atoms with van der Waals surface area (Å²) in [5.41, 5.74) is 0.123. The lowest BCUT2D eigenvalue weighted by atomic mass is 9.88. The van der Waals surface area contributed by atoms with Crippen LogP contribution in [0, 0.1) is 0 Å². The number of piperidine rings is 1. The molecule has 1 aliphatic rings. The number of aliphatic hydroxyl groups excluding tert-OH is 1. The smallest absolute Gasteiger partial charge is 0.395 e. The van der Waals surface area contributed by atoms with Crippen molar-refractivity contribution in [2.24, 2.45) is 0 Å². The highest BCUT2D eigenvalue weighted by atomic mass is 19.4. The molecule has 0 aromatic heterocycles. The highest BCUT2D eigenvalue weighted by Gasteiger charge is 2.31. The average molecular weight is 259 g/mol. The maximum atomic E-state index is 12.6. The van der Waals surface area contributed by atoms with Gasteiger partial charge in [0, 0.05) is 12.6 Å². The van der Waals surface area contributed by atoms with E-state index in [1.54, 1.807) is 6.07 Å². The minimum absolute atomic E-state index is 0.0760. The Labute approximate surface area is 104 Å². The second-order valence-electron chi connectivity index (χ2n) is 4.69. The zero-order valence-corrected chi connectivity index (χ0v) is 9.87. The van der Waals surface area contributed by atoms with Gasteiger partial charge in [-0.3, -0.25) is 0 Å². The van der Waals surface area contributed by atoms with Crippen molar-refractivity contribution in [3.05, 3.63) is 35.4 Å². The van der Waals surface area contributed by atoms with Gasteiger partial charge < -0.3 is 10.4 Å². The molecule has 2 rings (SSSR count). The van der Waals surface area contributed by atoms with Crippen LogP contribution in [0.1, 0.15) is 29.9 Å². The molecule has 1 saturated heterocycles. The van der Waals surface area contributed by atoms with Gasteiger partial charge in [0.2, 0.25) is 0 Å². The highest BCUT2D eigenvalue weighted by Crippen LogP contribution is 2.32. The van der Waals surface area contributed by atoms with E-state index in [4.69, 9.17) is 5.11 Å². The maximum Gasteiger partial charge on any atom is 0.416 e. The number of alkyl halides is 3. The third-order valence-corrected chi connectivity index (χ3v) is 3.42. The maximum absolute atomic E-state index is 12.6. The monoisotopic (exact) mass is 259 g/mol. The highest BCUT2D eigenvalue weighted by molar-refractivity contribution is 5.29. The number of benzene rings is 1. The molecule has 0 bridgehead atoms. The summed E-state index contributed by atoms with van der Waals surface area (Å²) < 4.78 is 37.8. The first-order valence-electron chi connectivity index (χ1n) is 6.02. The van der Waals surface area contributed by atoms with E-state index in [-0.39, 0.29) is 18.6 Å². The zero-order chi connectivity index (χ0) is 13.2. The van der Waals surface area contributed by atoms with E-state index in [2.05, 4.69) is 5.32 Å². The molecule has 0 aliphatic carbocycles. The summed E-state index contributed by atoms with van der Waals surface area (Å²) in [4.78, 5) is 0. The largest absolute Gasteiger partial charge is 0.416 e. The summed E-state index contributed by atoms with van der Waals surface area (Å²) in [6.45, 7) is 0.696. The van der Waals surface area contributed by atoms with Gasteiger partial charge in [-0.25, -0.2) is 0 Å². The summed E-state index contributed by atoms with van der Waals surface area (Å²) in [7, 11) is 0. The van der Waals surface area contributed by atoms with Crippen LogP contribution < -0.4 is 5.32 Å². The van der Waals surface area contributed by atoms with E-state index in [0.29, 0.717) is 12.1 Å². The van der Waals surface area contributed by atoms with Crippen LogP contribution in [0.25, 0.3) is 0 Å². The first kappa shape index (κ1) is 13.4. The van der Waals surface area contributed by atoms with E-state index < -0.39 is 11.7 Å². The third kappa shape index (κ3) is 3.03. The van der Waals surface area contributed by atoms with Crippen LogP contribution in [-0.2, 0) is 6.18 Å². The van der Waals surface area contributed by atoms with E-state index in [9.17, 15) is 13.2 Å². The average Bonchev–Trinajstić information content (AvgIpc) is 2.38. The Balaban J connectivity index is 2.10. The van der Waals surface area contributed by atoms with Crippen LogP contribution in [-0.4, -0.2) is 24.3 Å². The summed E-state index contributed by atoms with van der Waals surface area (Å²) in [6.07, 6.45) is -2.69. The van der Waals surface area contributed by atoms with E-state index in [1.807, 2.05) is 0 Å². The standard InChI is InChI=1S/C13H16F3NO/c14-13(15,16)11-3-1-2-9(6-11)10-4-5-12(8-18)17-7-10/h1-3,6,10,12,17-18H,4-5,7-8H2. The lowest BCUT2D eigenvalue weighted by Crippen LogP contribution is -2.40. The van der Waals surface area contributed by atoms with Gasteiger partial charge in [0.15, 0.2) is 0 Å². The van der Waals surface area contributed by atoms with Crippen LogP contribution in [0.3, 0.4) is 0 Å². The normalized spacial score (nSPS) is 25.1. The van der Waals surface area contributed by atoms with Crippen molar-refractivity contribution in [2.75, 3.05) is 13.2 Å². The van der Waals surface area contributed by atoms with Crippen molar-refractivity contribution >= 4 is 0 Å². The fourth-order valence-corrected chi connectivity index (χ4v) is 2.32. The third-order valence-electron chi connectivity index (χ3n) is 3.42. The molecule has 1 heterocycles. The number of nitrogens with one attached hydrogen (secondary N) is 1. The lowest BCUT2D eigenvalue weighted by molar-refractivity contribution is -0.137. The fraction of sp³-hybridized carbons (Fsp3) is 0.538. The van der Waals surface area contributed by atoms with Crippen molar-refractivity contribution in [2.45, 2.75) is 31.0 Å². The van der Waals surface area contributed by atoms with Crippen molar-refractivity contribution in [1.29, 1.82) is 0 Å². The molecule has 2 unspecified atom stereocenters. The molecule has 2 atom stereocenters. The molecule has 0 saturated carbocycles. The van der Waals surface area contributed by atoms with Crippen LogP contribution in [0.5, 0.6) is 0 Å². The number of hydrogen-bond acceptors (Lipinski definition) is 2. The molecule has 2 N–H and O–H groups in total. The summed E-state index contributed by atoms with van der Waals surface area (Å²) in [6, 6.07) is 5.59. The summed E-state index contributed by atoms with van der Waals surface area (Å²) in [5.74, 6) is 0.0927. The number of rotatable bonds is 2. The van der Waals surface area contributed by atoms with Gasteiger partial charge in [0.05, 0.1) is 12.2 Å². The van der Waals surface area contributed by atoms with Gasteiger partial charge in [0.25, 0.3) is 0 Å². The van der Waals surface area contributed by atoms with Gasteiger partial charge in [-0.1, -0.05) is 18.2 Å². The lowest BCUT2D eigenvalue weighted by Gasteiger charge is -2.29. The Kier molecular flexibility index (Phi) is 3.92. The SMILES string of the molecule is OCC1CCC(c2cccc(C(F)(F)F)c2)CN1. The second-order valence-corrected chi connectivity index (χ2v) is 4.69. The van der Waals surface area contributed by atoms with Crippen molar-refractivity contribution in [1.82, 2.24) is 5.32 Å². The Bertz CT molecular complexity index is 397. The second kappa shape index (κ2) is 5.28. The van der Waals surface area contributed by atoms with Gasteiger partial charge in [0.1, 0.15) is 0 Å². The quantitative estimate of drug-likeness (QED) is 0.855. The van der Waals surface area contributed by atoms with Crippen LogP contribution in [0.4, 0.5) is 13.2 Å². The van der Waals surface area contributed by atoms with E-state index in [0.717, 1.165) is 18.9 Å². The fourth-order valence-electron chi connectivity index (χ4n) is 2.32. The molecule has 0 radical (unpaired) electrons. The number of hydrogen-bond donors (Lipinski definition) is 2. The molecule has 1 fully saturated rings. The van der Waals surface area contributed by atoms with E-state index in [1.165, 1.54) is 12.1 Å². The van der Waals surface area contributed by atoms with Crippen LogP contribution in [0.2, 0.25) is 0 Å². The first-order valence-corrected chi connectivity index (χ1v) is 6.02. The zero-order valence-electron chi connectivity index (χ0n) is 9.87. The molecule has 5 heteroatoms. The molecule has 100 valence electrons.